The molecule has 1 atom stereocenters. The summed E-state index contributed by atoms with van der Waals surface area (Å²) in [6, 6.07) is 0. The van der Waals surface area contributed by atoms with Crippen LogP contribution in [0.4, 0.5) is 5.13 Å². The molecule has 0 aromatic carbocycles. The molecule has 1 unspecified atom stereocenters. The molecule has 2 N–H and O–H groups in total. The number of nitrogen functional groups attached to an aromatic ring is 1. The minimum atomic E-state index is 0.130. The van der Waals surface area contributed by atoms with Crippen LogP contribution in [0.15, 0.2) is 11.6 Å². The van der Waals surface area contributed by atoms with E-state index in [1.807, 2.05) is 11.6 Å². The molecular weight excluding hydrogens is 108 g/mol. The fraction of sp³-hybridized carbons (Fsp3) is 0.250. The van der Waals surface area contributed by atoms with Crippen LogP contribution in [0.1, 0.15) is 0 Å². The van der Waals surface area contributed by atoms with Crippen molar-refractivity contribution in [2.75, 3.05) is 5.73 Å². The van der Waals surface area contributed by atoms with Gasteiger partial charge in [0.1, 0.15) is 6.26 Å². The quantitative estimate of drug-likeness (QED) is 0.511. The Morgan fingerprint density at radius 3 is 2.71 bits per heavy atom. The van der Waals surface area contributed by atoms with E-state index in [0.29, 0.717) is 0 Å². The first-order valence-corrected chi connectivity index (χ1v) is 3.65. The summed E-state index contributed by atoms with van der Waals surface area (Å²) in [7, 11) is 0.130. The van der Waals surface area contributed by atoms with Crippen LogP contribution in [-0.4, -0.2) is 4.98 Å². The van der Waals surface area contributed by atoms with Crippen molar-refractivity contribution in [1.29, 1.82) is 0 Å². The summed E-state index contributed by atoms with van der Waals surface area (Å²) in [5.74, 6) is 0. The Morgan fingerprint density at radius 1 is 1.86 bits per heavy atom. The van der Waals surface area contributed by atoms with E-state index in [0.717, 1.165) is 5.13 Å². The molecule has 3 heteroatoms. The molecule has 0 bridgehead atoms. The minimum absolute atomic E-state index is 0.130. The molecule has 1 aromatic rings. The van der Waals surface area contributed by atoms with Gasteiger partial charge in [-0.1, -0.05) is 0 Å². The van der Waals surface area contributed by atoms with Crippen molar-refractivity contribution in [3.8, 4) is 0 Å². The van der Waals surface area contributed by atoms with E-state index in [9.17, 15) is 0 Å². The van der Waals surface area contributed by atoms with E-state index in [1.54, 1.807) is 6.20 Å². The summed E-state index contributed by atoms with van der Waals surface area (Å²) >= 11 is 0. The highest BCUT2D eigenvalue weighted by Crippen LogP contribution is 2.18. The van der Waals surface area contributed by atoms with Crippen molar-refractivity contribution >= 4 is 15.6 Å². The highest BCUT2D eigenvalue weighted by atomic mass is 32.2. The molecule has 0 spiro atoms. The number of nitrogens with two attached hydrogens (primary N) is 1. The monoisotopic (exact) mass is 115 g/mol. The normalized spacial score (nSPS) is 11.9. The number of aromatic nitrogens is 1. The zero-order chi connectivity index (χ0) is 5.28. The van der Waals surface area contributed by atoms with Crippen LogP contribution in [0, 0.1) is 0 Å². The maximum absolute atomic E-state index is 5.38. The Hall–Kier alpha value is -0.570. The van der Waals surface area contributed by atoms with Gasteiger partial charge < -0.3 is 5.73 Å². The summed E-state index contributed by atoms with van der Waals surface area (Å²) in [6.45, 7) is 0. The highest BCUT2D eigenvalue weighted by molar-refractivity contribution is 7.31. The van der Waals surface area contributed by atoms with Gasteiger partial charge in [0.05, 0.1) is 6.20 Å². The zero-order valence-corrected chi connectivity index (χ0v) is 4.90. The fourth-order valence-electron chi connectivity index (χ4n) is 0.348. The molecule has 2 nitrogen and oxygen atoms in total. The molecule has 1 rings (SSSR count). The van der Waals surface area contributed by atoms with E-state index in [4.69, 9.17) is 5.73 Å². The Bertz CT molecular complexity index is 142. The predicted octanol–water partition coefficient (Wildman–Crippen LogP) is 0.950. The number of nitrogens with zero attached hydrogens (tertiary/aromatic N) is 1. The number of anilines is 1. The molecule has 0 saturated carbocycles. The number of hydrogen-bond acceptors (Lipinski definition) is 2. The first-order chi connectivity index (χ1) is 3.30. The van der Waals surface area contributed by atoms with E-state index in [1.165, 1.54) is 0 Å². The molecule has 0 amide bonds. The highest BCUT2D eigenvalue weighted by Gasteiger charge is 2.00. The zero-order valence-electron chi connectivity index (χ0n) is 4.09. The van der Waals surface area contributed by atoms with Crippen LogP contribution < -0.4 is 5.73 Å². The molecule has 0 aliphatic rings. The second-order valence-electron chi connectivity index (χ2n) is 1.31. The van der Waals surface area contributed by atoms with Gasteiger partial charge in [0.2, 0.25) is 0 Å². The maximum Gasteiger partial charge on any atom is 0.336 e. The molecule has 0 saturated heterocycles. The van der Waals surface area contributed by atoms with E-state index < -0.39 is 0 Å². The van der Waals surface area contributed by atoms with Gasteiger partial charge in [-0.3, -0.25) is 0 Å². The van der Waals surface area contributed by atoms with Crippen LogP contribution in [0.3, 0.4) is 0 Å². The Labute approximate surface area is 45.0 Å². The maximum atomic E-state index is 5.38. The Morgan fingerprint density at radius 2 is 2.57 bits per heavy atom. The van der Waals surface area contributed by atoms with Crippen LogP contribution in [0.2, 0.25) is 0 Å². The lowest BCUT2D eigenvalue weighted by Gasteiger charge is -1.69. The average Bonchev–Trinajstić information content (AvgIpc) is 1.91. The largest absolute Gasteiger partial charge is 0.339 e. The standard InChI is InChI=1S/C4H7N2S/c1-7-3-2-6-4(7)5/h2-3H,1H3,(H2,5,6)/q+1. The van der Waals surface area contributed by atoms with Crippen molar-refractivity contribution in [3.05, 3.63) is 11.6 Å². The van der Waals surface area contributed by atoms with Crippen LogP contribution in [0.25, 0.3) is 0 Å². The molecule has 0 aliphatic heterocycles. The summed E-state index contributed by atoms with van der Waals surface area (Å²) in [5, 5.41) is 2.75. The van der Waals surface area contributed by atoms with Gasteiger partial charge in [0.25, 0.3) is 0 Å². The average molecular weight is 115 g/mol. The second-order valence-corrected chi connectivity index (χ2v) is 3.12. The lowest BCUT2D eigenvalue weighted by atomic mass is 11.0. The third-order valence-electron chi connectivity index (χ3n) is 0.797. The van der Waals surface area contributed by atoms with E-state index in [2.05, 4.69) is 4.98 Å². The van der Waals surface area contributed by atoms with E-state index >= 15 is 0 Å². The molecule has 7 heavy (non-hydrogen) atoms. The molecule has 0 fully saturated rings. The van der Waals surface area contributed by atoms with Gasteiger partial charge in [0.15, 0.2) is 5.38 Å². The second kappa shape index (κ2) is 1.50. The van der Waals surface area contributed by atoms with E-state index in [-0.39, 0.29) is 10.5 Å². The van der Waals surface area contributed by atoms with Gasteiger partial charge in [-0.25, -0.2) is 0 Å². The van der Waals surface area contributed by atoms with Crippen molar-refractivity contribution in [2.45, 2.75) is 0 Å². The lowest BCUT2D eigenvalue weighted by Crippen LogP contribution is -1.80. The summed E-state index contributed by atoms with van der Waals surface area (Å²) in [4.78, 5) is 3.84. The first-order valence-electron chi connectivity index (χ1n) is 1.95. The number of aryl methyl sites for hydroxylation is 1. The third-order valence-corrected chi connectivity index (χ3v) is 2.09. The summed E-state index contributed by atoms with van der Waals surface area (Å²) < 4.78 is 0. The third kappa shape index (κ3) is 0.718. The molecular formula is C4H7N2S+. The topological polar surface area (TPSA) is 38.9 Å². The van der Waals surface area contributed by atoms with Crippen molar-refractivity contribution in [3.63, 3.8) is 0 Å². The van der Waals surface area contributed by atoms with Gasteiger partial charge in [0, 0.05) is 10.5 Å². The van der Waals surface area contributed by atoms with Gasteiger partial charge >= 0.3 is 5.13 Å². The number of hydrogen-bond donors (Lipinski definition) is 1. The Balaban J connectivity index is 3.12. The predicted molar refractivity (Wildman–Crippen MR) is 32.1 cm³/mol. The smallest absolute Gasteiger partial charge is 0.336 e. The fourth-order valence-corrected chi connectivity index (χ4v) is 0.958. The summed E-state index contributed by atoms with van der Waals surface area (Å²) in [6.07, 6.45) is 3.79. The molecule has 38 valence electrons. The molecule has 1 heterocycles. The van der Waals surface area contributed by atoms with Gasteiger partial charge in [-0.05, 0) is 0 Å². The lowest BCUT2D eigenvalue weighted by molar-refractivity contribution is 1.43. The van der Waals surface area contributed by atoms with Crippen molar-refractivity contribution in [2.24, 2.45) is 6.26 Å². The van der Waals surface area contributed by atoms with Crippen LogP contribution in [0.5, 0.6) is 0 Å². The van der Waals surface area contributed by atoms with Crippen LogP contribution >= 0.6 is 10.5 Å². The van der Waals surface area contributed by atoms with Gasteiger partial charge in [-0.2, -0.15) is 4.98 Å². The molecule has 0 aliphatic carbocycles. The molecule has 1 aromatic heterocycles. The van der Waals surface area contributed by atoms with Crippen molar-refractivity contribution in [1.82, 2.24) is 4.98 Å². The summed E-state index contributed by atoms with van der Waals surface area (Å²) in [5.41, 5.74) is 5.38. The van der Waals surface area contributed by atoms with Crippen LogP contribution in [-0.2, 0) is 6.26 Å². The first kappa shape index (κ1) is 4.59. The number of rotatable bonds is 0. The SMILES string of the molecule is C[s+]1ccnc1N. The molecule has 0 radical (unpaired) electrons. The minimum Gasteiger partial charge on any atom is -0.339 e. The van der Waals surface area contributed by atoms with Crippen molar-refractivity contribution < 1.29 is 0 Å². The number of thiazole rings is 1. The van der Waals surface area contributed by atoms with Gasteiger partial charge in [-0.15, -0.1) is 0 Å². The Kier molecular flexibility index (Phi) is 0.982.